The van der Waals surface area contributed by atoms with E-state index in [1.165, 1.54) is 0 Å². The number of amides is 1. The molecule has 6 heteroatoms. The molecule has 1 aliphatic heterocycles. The highest BCUT2D eigenvalue weighted by Crippen LogP contribution is 2.05. The van der Waals surface area contributed by atoms with Crippen molar-refractivity contribution in [2.45, 2.75) is 19.9 Å². The van der Waals surface area contributed by atoms with Crippen LogP contribution in [-0.2, 0) is 4.74 Å². The standard InChI is InChI=1S/C12H25N3O2S/c1-11(2)15-6-4-14(5-7-15)8-10-17-9-3-13-12(16)18/h11H,3-10H2,1-2H3,(H2,13,16,18). The van der Waals surface area contributed by atoms with Crippen molar-refractivity contribution in [3.63, 3.8) is 0 Å². The van der Waals surface area contributed by atoms with Crippen LogP contribution in [0.25, 0.3) is 0 Å². The van der Waals surface area contributed by atoms with Crippen LogP contribution in [0.5, 0.6) is 0 Å². The van der Waals surface area contributed by atoms with Crippen LogP contribution in [0.4, 0.5) is 4.79 Å². The van der Waals surface area contributed by atoms with Gasteiger partial charge in [0.05, 0.1) is 13.2 Å². The van der Waals surface area contributed by atoms with Crippen LogP contribution >= 0.6 is 12.6 Å². The molecule has 0 spiro atoms. The van der Waals surface area contributed by atoms with Crippen LogP contribution in [0.2, 0.25) is 0 Å². The predicted octanol–water partition coefficient (Wildman–Crippen LogP) is 0.668. The molecule has 1 amide bonds. The van der Waals surface area contributed by atoms with Gasteiger partial charge in [-0.15, -0.1) is 0 Å². The largest absolute Gasteiger partial charge is 0.378 e. The first-order valence-corrected chi connectivity index (χ1v) is 7.05. The van der Waals surface area contributed by atoms with Crippen molar-refractivity contribution in [1.82, 2.24) is 15.1 Å². The number of carbonyl (C=O) groups excluding carboxylic acids is 1. The molecule has 0 saturated carbocycles. The van der Waals surface area contributed by atoms with Gasteiger partial charge in [-0.05, 0) is 13.8 Å². The summed E-state index contributed by atoms with van der Waals surface area (Å²) in [6.07, 6.45) is 0. The molecular weight excluding hydrogens is 250 g/mol. The van der Waals surface area contributed by atoms with Crippen molar-refractivity contribution in [2.75, 3.05) is 52.5 Å². The molecule has 0 aromatic rings. The van der Waals surface area contributed by atoms with Crippen LogP contribution in [0.1, 0.15) is 13.8 Å². The van der Waals surface area contributed by atoms with Crippen LogP contribution in [-0.4, -0.2) is 73.6 Å². The Balaban J connectivity index is 1.96. The zero-order chi connectivity index (χ0) is 13.4. The van der Waals surface area contributed by atoms with E-state index in [0.717, 1.165) is 39.3 Å². The van der Waals surface area contributed by atoms with Crippen LogP contribution in [0, 0.1) is 0 Å². The summed E-state index contributed by atoms with van der Waals surface area (Å²) in [5.41, 5.74) is 0. The third-order valence-electron chi connectivity index (χ3n) is 3.21. The van der Waals surface area contributed by atoms with Crippen molar-refractivity contribution in [3.8, 4) is 0 Å². The summed E-state index contributed by atoms with van der Waals surface area (Å²) >= 11 is 3.61. The van der Waals surface area contributed by atoms with Crippen LogP contribution in [0.15, 0.2) is 0 Å². The van der Waals surface area contributed by atoms with E-state index in [-0.39, 0.29) is 5.24 Å². The third-order valence-corrected chi connectivity index (χ3v) is 3.37. The van der Waals surface area contributed by atoms with Crippen molar-refractivity contribution in [1.29, 1.82) is 0 Å². The van der Waals surface area contributed by atoms with Gasteiger partial charge in [-0.25, -0.2) is 0 Å². The second-order valence-corrected chi connectivity index (χ2v) is 5.22. The normalized spacial score (nSPS) is 18.2. The summed E-state index contributed by atoms with van der Waals surface area (Å²) in [6, 6.07) is 0.647. The number of ether oxygens (including phenoxy) is 1. The van der Waals surface area contributed by atoms with Crippen molar-refractivity contribution in [2.24, 2.45) is 0 Å². The van der Waals surface area contributed by atoms with Gasteiger partial charge < -0.3 is 10.1 Å². The van der Waals surface area contributed by atoms with Gasteiger partial charge in [-0.3, -0.25) is 14.6 Å². The maximum atomic E-state index is 10.5. The Bertz CT molecular complexity index is 243. The molecule has 106 valence electrons. The van der Waals surface area contributed by atoms with Gasteiger partial charge in [0.25, 0.3) is 5.24 Å². The number of nitrogens with zero attached hydrogens (tertiary/aromatic N) is 2. The minimum atomic E-state index is -0.302. The molecule has 1 saturated heterocycles. The summed E-state index contributed by atoms with van der Waals surface area (Å²) in [6.45, 7) is 11.8. The Morgan fingerprint density at radius 1 is 1.28 bits per heavy atom. The molecule has 0 aromatic carbocycles. The minimum absolute atomic E-state index is 0.302. The van der Waals surface area contributed by atoms with E-state index in [9.17, 15) is 4.79 Å². The summed E-state index contributed by atoms with van der Waals surface area (Å²) in [4.78, 5) is 15.4. The van der Waals surface area contributed by atoms with Gasteiger partial charge >= 0.3 is 0 Å². The van der Waals surface area contributed by atoms with E-state index in [4.69, 9.17) is 4.74 Å². The molecule has 0 bridgehead atoms. The molecule has 1 N–H and O–H groups in total. The van der Waals surface area contributed by atoms with Crippen LogP contribution < -0.4 is 5.32 Å². The molecule has 1 heterocycles. The molecule has 0 radical (unpaired) electrons. The van der Waals surface area contributed by atoms with Gasteiger partial charge in [0.2, 0.25) is 0 Å². The van der Waals surface area contributed by atoms with E-state index in [2.05, 4.69) is 41.6 Å². The molecule has 0 aliphatic carbocycles. The number of hydrogen-bond donors (Lipinski definition) is 2. The fourth-order valence-corrected chi connectivity index (χ4v) is 2.14. The maximum Gasteiger partial charge on any atom is 0.276 e. The molecule has 1 aliphatic rings. The monoisotopic (exact) mass is 275 g/mol. The van der Waals surface area contributed by atoms with Gasteiger partial charge in [-0.1, -0.05) is 12.6 Å². The quantitative estimate of drug-likeness (QED) is 0.529. The van der Waals surface area contributed by atoms with Gasteiger partial charge in [-0.2, -0.15) is 0 Å². The number of thiol groups is 1. The maximum absolute atomic E-state index is 10.5. The first-order valence-electron chi connectivity index (χ1n) is 6.60. The SMILES string of the molecule is CC(C)N1CCN(CCOCCNC(=O)S)CC1. The lowest BCUT2D eigenvalue weighted by Crippen LogP contribution is -2.49. The smallest absolute Gasteiger partial charge is 0.276 e. The topological polar surface area (TPSA) is 44.8 Å². The Hall–Kier alpha value is -0.300. The number of hydrogen-bond acceptors (Lipinski definition) is 4. The fourth-order valence-electron chi connectivity index (χ4n) is 2.03. The highest BCUT2D eigenvalue weighted by atomic mass is 32.1. The number of nitrogens with one attached hydrogen (secondary N) is 1. The van der Waals surface area contributed by atoms with Crippen LogP contribution in [0.3, 0.4) is 0 Å². The first-order chi connectivity index (χ1) is 8.59. The molecule has 0 atom stereocenters. The van der Waals surface area contributed by atoms with Gasteiger partial charge in [0.1, 0.15) is 0 Å². The first kappa shape index (κ1) is 15.8. The highest BCUT2D eigenvalue weighted by molar-refractivity contribution is 7.96. The molecular formula is C12H25N3O2S. The highest BCUT2D eigenvalue weighted by Gasteiger charge is 2.17. The predicted molar refractivity (Wildman–Crippen MR) is 76.4 cm³/mol. The molecule has 1 rings (SSSR count). The average molecular weight is 275 g/mol. The average Bonchev–Trinajstić information content (AvgIpc) is 2.34. The molecule has 0 aromatic heterocycles. The van der Waals surface area contributed by atoms with E-state index in [0.29, 0.717) is 19.2 Å². The lowest BCUT2D eigenvalue weighted by Gasteiger charge is -2.36. The van der Waals surface area contributed by atoms with Crippen molar-refractivity contribution < 1.29 is 9.53 Å². The zero-order valence-electron chi connectivity index (χ0n) is 11.4. The van der Waals surface area contributed by atoms with Crippen molar-refractivity contribution >= 4 is 17.9 Å². The number of rotatable bonds is 7. The Morgan fingerprint density at radius 2 is 1.94 bits per heavy atom. The molecule has 1 fully saturated rings. The lowest BCUT2D eigenvalue weighted by atomic mass is 10.2. The Morgan fingerprint density at radius 3 is 2.50 bits per heavy atom. The van der Waals surface area contributed by atoms with E-state index in [1.807, 2.05) is 0 Å². The van der Waals surface area contributed by atoms with E-state index in [1.54, 1.807) is 0 Å². The minimum Gasteiger partial charge on any atom is -0.378 e. The third kappa shape index (κ3) is 6.58. The fraction of sp³-hybridized carbons (Fsp3) is 0.917. The van der Waals surface area contributed by atoms with E-state index < -0.39 is 0 Å². The summed E-state index contributed by atoms with van der Waals surface area (Å²) in [5, 5.41) is 2.28. The number of piperazine rings is 1. The van der Waals surface area contributed by atoms with E-state index >= 15 is 0 Å². The summed E-state index contributed by atoms with van der Waals surface area (Å²) in [5.74, 6) is 0. The second-order valence-electron chi connectivity index (χ2n) is 4.82. The summed E-state index contributed by atoms with van der Waals surface area (Å²) in [7, 11) is 0. The molecule has 18 heavy (non-hydrogen) atoms. The summed E-state index contributed by atoms with van der Waals surface area (Å²) < 4.78 is 5.46. The Kier molecular flexibility index (Phi) is 7.65. The lowest BCUT2D eigenvalue weighted by molar-refractivity contribution is 0.0679. The zero-order valence-corrected chi connectivity index (χ0v) is 12.3. The Labute approximate surface area is 115 Å². The molecule has 5 nitrogen and oxygen atoms in total. The molecule has 0 unspecified atom stereocenters. The van der Waals surface area contributed by atoms with Gasteiger partial charge in [0.15, 0.2) is 0 Å². The van der Waals surface area contributed by atoms with Gasteiger partial charge in [0, 0.05) is 45.3 Å². The second kappa shape index (κ2) is 8.74. The van der Waals surface area contributed by atoms with Crippen molar-refractivity contribution in [3.05, 3.63) is 0 Å². The number of carbonyl (C=O) groups is 1.